The van der Waals surface area contributed by atoms with Gasteiger partial charge >= 0.3 is 0 Å². The van der Waals surface area contributed by atoms with Gasteiger partial charge in [0.2, 0.25) is 11.8 Å². The molecule has 5 nitrogen and oxygen atoms in total. The summed E-state index contributed by atoms with van der Waals surface area (Å²) < 4.78 is 5.53. The highest BCUT2D eigenvalue weighted by Crippen LogP contribution is 2.40. The van der Waals surface area contributed by atoms with Crippen LogP contribution >= 0.6 is 11.6 Å². The molecule has 1 N–H and O–H groups in total. The molecule has 0 radical (unpaired) electrons. The Hall–Kier alpha value is -1.59. The lowest BCUT2D eigenvalue weighted by molar-refractivity contribution is -0.146. The molecule has 25 heavy (non-hydrogen) atoms. The first-order valence-corrected chi connectivity index (χ1v) is 9.29. The first-order valence-electron chi connectivity index (χ1n) is 8.91. The lowest BCUT2D eigenvalue weighted by atomic mass is 9.68. The van der Waals surface area contributed by atoms with Crippen LogP contribution in [0.1, 0.15) is 37.7 Å². The summed E-state index contributed by atoms with van der Waals surface area (Å²) >= 11 is 6.01. The van der Waals surface area contributed by atoms with Crippen molar-refractivity contribution in [1.82, 2.24) is 10.2 Å². The van der Waals surface area contributed by atoms with Crippen molar-refractivity contribution in [2.75, 3.05) is 26.7 Å². The van der Waals surface area contributed by atoms with Crippen molar-refractivity contribution in [3.8, 4) is 0 Å². The van der Waals surface area contributed by atoms with E-state index in [2.05, 4.69) is 5.32 Å². The van der Waals surface area contributed by atoms with Crippen molar-refractivity contribution in [3.05, 3.63) is 34.9 Å². The molecule has 2 aliphatic rings. The highest BCUT2D eigenvalue weighted by atomic mass is 35.5. The van der Waals surface area contributed by atoms with Gasteiger partial charge in [-0.05, 0) is 30.5 Å². The molecule has 1 saturated heterocycles. The third-order valence-corrected chi connectivity index (χ3v) is 5.63. The van der Waals surface area contributed by atoms with Crippen molar-refractivity contribution in [2.24, 2.45) is 0 Å². The van der Waals surface area contributed by atoms with Gasteiger partial charge in [0.05, 0.1) is 11.5 Å². The van der Waals surface area contributed by atoms with Crippen molar-refractivity contribution in [1.29, 1.82) is 0 Å². The predicted molar refractivity (Wildman–Crippen MR) is 96.6 cm³/mol. The van der Waals surface area contributed by atoms with E-state index in [1.165, 1.54) is 6.42 Å². The number of morpholine rings is 1. The van der Waals surface area contributed by atoms with Crippen LogP contribution in [0.3, 0.4) is 0 Å². The summed E-state index contributed by atoms with van der Waals surface area (Å²) in [7, 11) is 1.76. The smallest absolute Gasteiger partial charge is 0.248 e. The molecule has 2 fully saturated rings. The number of hydrogen-bond acceptors (Lipinski definition) is 3. The quantitative estimate of drug-likeness (QED) is 0.893. The fourth-order valence-corrected chi connectivity index (χ4v) is 3.96. The van der Waals surface area contributed by atoms with E-state index in [1.54, 1.807) is 11.9 Å². The van der Waals surface area contributed by atoms with E-state index in [0.29, 0.717) is 18.1 Å². The topological polar surface area (TPSA) is 58.6 Å². The zero-order valence-corrected chi connectivity index (χ0v) is 15.3. The molecule has 1 atom stereocenters. The van der Waals surface area contributed by atoms with E-state index >= 15 is 0 Å². The minimum absolute atomic E-state index is 0.0208. The Labute approximate surface area is 153 Å². The van der Waals surface area contributed by atoms with Gasteiger partial charge in [0.15, 0.2) is 0 Å². The third-order valence-electron chi connectivity index (χ3n) is 5.37. The second-order valence-corrected chi connectivity index (χ2v) is 7.50. The first-order chi connectivity index (χ1) is 12.0. The van der Waals surface area contributed by atoms with E-state index in [-0.39, 0.29) is 24.5 Å². The molecule has 0 spiro atoms. The maximum atomic E-state index is 13.1. The van der Waals surface area contributed by atoms with E-state index < -0.39 is 5.41 Å². The Morgan fingerprint density at radius 1 is 1.28 bits per heavy atom. The van der Waals surface area contributed by atoms with Crippen LogP contribution in [-0.2, 0) is 19.7 Å². The van der Waals surface area contributed by atoms with Crippen LogP contribution in [-0.4, -0.2) is 49.6 Å². The number of ether oxygens (including phenoxy) is 1. The summed E-state index contributed by atoms with van der Waals surface area (Å²) in [5.41, 5.74) is 0.546. The van der Waals surface area contributed by atoms with Gasteiger partial charge in [0, 0.05) is 25.2 Å². The van der Waals surface area contributed by atoms with Gasteiger partial charge in [-0.25, -0.2) is 0 Å². The van der Waals surface area contributed by atoms with Crippen molar-refractivity contribution in [2.45, 2.75) is 43.6 Å². The van der Waals surface area contributed by atoms with Gasteiger partial charge in [-0.2, -0.15) is 0 Å². The fourth-order valence-electron chi connectivity index (χ4n) is 3.83. The zero-order valence-electron chi connectivity index (χ0n) is 14.6. The Morgan fingerprint density at radius 2 is 1.96 bits per heavy atom. The Balaban J connectivity index is 1.69. The lowest BCUT2D eigenvalue weighted by Crippen LogP contribution is -2.52. The Bertz CT molecular complexity index is 626. The maximum Gasteiger partial charge on any atom is 0.248 e. The van der Waals surface area contributed by atoms with Crippen LogP contribution in [0.25, 0.3) is 0 Å². The van der Waals surface area contributed by atoms with E-state index in [4.69, 9.17) is 16.3 Å². The molecule has 1 unspecified atom stereocenters. The monoisotopic (exact) mass is 364 g/mol. The SMILES string of the molecule is CN1CC(CNC(=O)C2(c3ccc(Cl)cc3)CCCCC2)OCC1=O. The number of likely N-dealkylation sites (N-methyl/N-ethyl adjacent to an activating group) is 1. The lowest BCUT2D eigenvalue weighted by Gasteiger charge is -2.37. The van der Waals surface area contributed by atoms with Crippen LogP contribution in [0, 0.1) is 0 Å². The predicted octanol–water partition coefficient (Wildman–Crippen LogP) is 2.52. The normalized spacial score (nSPS) is 23.4. The molecule has 136 valence electrons. The molecule has 1 heterocycles. The number of carbonyl (C=O) groups excluding carboxylic acids is 2. The molecule has 0 aromatic heterocycles. The fraction of sp³-hybridized carbons (Fsp3) is 0.579. The zero-order chi connectivity index (χ0) is 17.9. The van der Waals surface area contributed by atoms with Gasteiger partial charge < -0.3 is 15.0 Å². The molecular formula is C19H25ClN2O3. The van der Waals surface area contributed by atoms with E-state index in [1.807, 2.05) is 24.3 Å². The highest BCUT2D eigenvalue weighted by molar-refractivity contribution is 6.30. The largest absolute Gasteiger partial charge is 0.365 e. The average Bonchev–Trinajstić information content (AvgIpc) is 2.63. The summed E-state index contributed by atoms with van der Waals surface area (Å²) in [6.07, 6.45) is 4.81. The highest BCUT2D eigenvalue weighted by Gasteiger charge is 2.41. The van der Waals surface area contributed by atoms with Gasteiger partial charge in [0.1, 0.15) is 6.61 Å². The number of carbonyl (C=O) groups is 2. The van der Waals surface area contributed by atoms with Crippen LogP contribution in [0.15, 0.2) is 24.3 Å². The molecular weight excluding hydrogens is 340 g/mol. The number of hydrogen-bond donors (Lipinski definition) is 1. The van der Waals surface area contributed by atoms with Gasteiger partial charge in [-0.15, -0.1) is 0 Å². The van der Waals surface area contributed by atoms with Crippen molar-refractivity contribution >= 4 is 23.4 Å². The summed E-state index contributed by atoms with van der Waals surface area (Å²) in [6.45, 7) is 1.01. The summed E-state index contributed by atoms with van der Waals surface area (Å²) in [6, 6.07) is 7.64. The summed E-state index contributed by atoms with van der Waals surface area (Å²) in [5.74, 6) is 0.0326. The first kappa shape index (κ1) is 18.2. The second-order valence-electron chi connectivity index (χ2n) is 7.07. The number of rotatable bonds is 4. The van der Waals surface area contributed by atoms with Gasteiger partial charge in [-0.3, -0.25) is 9.59 Å². The Kier molecular flexibility index (Phi) is 5.64. The molecule has 1 aromatic rings. The standard InChI is InChI=1S/C19H25ClN2O3/c1-22-12-16(25-13-17(22)23)11-21-18(24)19(9-3-2-4-10-19)14-5-7-15(20)8-6-14/h5-8,16H,2-4,9-13H2,1H3,(H,21,24). The maximum absolute atomic E-state index is 13.1. The summed E-state index contributed by atoms with van der Waals surface area (Å²) in [5, 5.41) is 3.76. The Morgan fingerprint density at radius 3 is 2.60 bits per heavy atom. The molecule has 2 amide bonds. The van der Waals surface area contributed by atoms with Gasteiger partial charge in [0.25, 0.3) is 0 Å². The minimum atomic E-state index is -0.487. The second kappa shape index (κ2) is 7.75. The van der Waals surface area contributed by atoms with Crippen molar-refractivity contribution < 1.29 is 14.3 Å². The summed E-state index contributed by atoms with van der Waals surface area (Å²) in [4.78, 5) is 26.3. The van der Waals surface area contributed by atoms with E-state index in [0.717, 1.165) is 31.2 Å². The van der Waals surface area contributed by atoms with Gasteiger partial charge in [-0.1, -0.05) is 43.0 Å². The van der Waals surface area contributed by atoms with Crippen LogP contribution in [0.4, 0.5) is 0 Å². The molecule has 1 aliphatic carbocycles. The average molecular weight is 365 g/mol. The molecule has 1 aliphatic heterocycles. The number of halogens is 1. The van der Waals surface area contributed by atoms with Crippen LogP contribution in [0.5, 0.6) is 0 Å². The number of nitrogens with one attached hydrogen (secondary N) is 1. The number of nitrogens with zero attached hydrogens (tertiary/aromatic N) is 1. The minimum Gasteiger partial charge on any atom is -0.365 e. The third kappa shape index (κ3) is 3.98. The molecule has 1 saturated carbocycles. The van der Waals surface area contributed by atoms with E-state index in [9.17, 15) is 9.59 Å². The number of benzene rings is 1. The molecule has 6 heteroatoms. The van der Waals surface area contributed by atoms with Crippen molar-refractivity contribution in [3.63, 3.8) is 0 Å². The van der Waals surface area contributed by atoms with Crippen LogP contribution in [0.2, 0.25) is 5.02 Å². The molecule has 0 bridgehead atoms. The number of amides is 2. The molecule has 1 aromatic carbocycles. The van der Waals surface area contributed by atoms with Crippen LogP contribution < -0.4 is 5.32 Å². The molecule has 3 rings (SSSR count).